The number of quaternary nitrogens is 1. The second-order valence-electron chi connectivity index (χ2n) is 7.83. The minimum absolute atomic E-state index is 0.0282. The maximum Gasteiger partial charge on any atom is 0.336 e. The van der Waals surface area contributed by atoms with Crippen LogP contribution in [0.2, 0.25) is 0 Å². The van der Waals surface area contributed by atoms with Crippen LogP contribution < -0.4 is 10.5 Å². The number of hydrogen-bond acceptors (Lipinski definition) is 3. The highest BCUT2D eigenvalue weighted by molar-refractivity contribution is 6.03. The molecule has 1 heterocycles. The lowest BCUT2D eigenvalue weighted by Crippen LogP contribution is -2.48. The van der Waals surface area contributed by atoms with Crippen molar-refractivity contribution in [3.63, 3.8) is 0 Å². The van der Waals surface area contributed by atoms with Crippen molar-refractivity contribution in [1.29, 1.82) is 0 Å². The second kappa shape index (κ2) is 11.9. The predicted octanol–water partition coefficient (Wildman–Crippen LogP) is 5.83. The zero-order chi connectivity index (χ0) is 24.5. The van der Waals surface area contributed by atoms with Gasteiger partial charge in [-0.25, -0.2) is 14.2 Å². The van der Waals surface area contributed by atoms with E-state index in [1.54, 1.807) is 0 Å². The first-order chi connectivity index (χ1) is 16.5. The largest absolute Gasteiger partial charge is 0.494 e. The molecule has 4 rings (SSSR count). The molecule has 1 aromatic heterocycles. The van der Waals surface area contributed by atoms with E-state index >= 15 is 0 Å². The number of ether oxygens (including phenoxy) is 1. The predicted molar refractivity (Wildman–Crippen MR) is 133 cm³/mol. The van der Waals surface area contributed by atoms with E-state index in [1.165, 1.54) is 24.3 Å². The van der Waals surface area contributed by atoms with Crippen LogP contribution in [-0.2, 0) is 0 Å². The van der Waals surface area contributed by atoms with Gasteiger partial charge in [-0.2, -0.15) is 0 Å². The molecule has 0 aliphatic rings. The summed E-state index contributed by atoms with van der Waals surface area (Å²) in [6, 6.07) is 21.2. The quantitative estimate of drug-likeness (QED) is 0.339. The summed E-state index contributed by atoms with van der Waals surface area (Å²) in [4.78, 5) is 16.3. The fourth-order valence-corrected chi connectivity index (χ4v) is 3.46. The number of aromatic carboxylic acids is 1. The number of aromatic nitrogens is 1. The first-order valence-corrected chi connectivity index (χ1v) is 11.4. The SMILES string of the molecule is CCCCOc1cccc(-c2ccc(-c3cc(C(=O)O)c4cc(F)ccc4n3)cc2)c1.CC[NH3+]. The highest BCUT2D eigenvalue weighted by Crippen LogP contribution is 2.29. The van der Waals surface area contributed by atoms with Crippen LogP contribution in [0.3, 0.4) is 0 Å². The third-order valence-corrected chi connectivity index (χ3v) is 5.12. The maximum absolute atomic E-state index is 13.6. The molecule has 0 bridgehead atoms. The first kappa shape index (κ1) is 24.9. The van der Waals surface area contributed by atoms with E-state index in [2.05, 4.69) is 17.6 Å². The minimum atomic E-state index is -1.12. The molecule has 0 aliphatic heterocycles. The smallest absolute Gasteiger partial charge is 0.336 e. The molecule has 0 amide bonds. The van der Waals surface area contributed by atoms with E-state index in [9.17, 15) is 14.3 Å². The molecule has 0 saturated heterocycles. The lowest BCUT2D eigenvalue weighted by molar-refractivity contribution is -0.361. The van der Waals surface area contributed by atoms with Crippen LogP contribution in [0.1, 0.15) is 37.0 Å². The van der Waals surface area contributed by atoms with Crippen molar-refractivity contribution in [2.75, 3.05) is 13.2 Å². The summed E-state index contributed by atoms with van der Waals surface area (Å²) in [6.45, 7) is 5.84. The number of hydrogen-bond donors (Lipinski definition) is 2. The Kier molecular flexibility index (Phi) is 8.71. The number of pyridine rings is 1. The molecule has 34 heavy (non-hydrogen) atoms. The molecule has 4 aromatic rings. The van der Waals surface area contributed by atoms with Crippen LogP contribution in [0, 0.1) is 5.82 Å². The molecule has 0 spiro atoms. The molecule has 0 fully saturated rings. The Balaban J connectivity index is 0.00000103. The summed E-state index contributed by atoms with van der Waals surface area (Å²) in [5.74, 6) is -0.768. The standard InChI is InChI=1S/C26H22FNO3.C2H7N/c1-2-3-13-31-21-6-4-5-19(14-21)17-7-9-18(10-8-17)25-16-23(26(29)30)22-15-20(27)11-12-24(22)28-25;1-2-3/h4-12,14-16H,2-3,13H2,1H3,(H,29,30);2-3H2,1H3/p+1. The Morgan fingerprint density at radius 3 is 2.35 bits per heavy atom. The monoisotopic (exact) mass is 461 g/mol. The van der Waals surface area contributed by atoms with Gasteiger partial charge in [-0.05, 0) is 60.9 Å². The van der Waals surface area contributed by atoms with Crippen molar-refractivity contribution in [3.8, 4) is 28.1 Å². The summed E-state index contributed by atoms with van der Waals surface area (Å²) in [7, 11) is 0. The average Bonchev–Trinajstić information content (AvgIpc) is 2.84. The Hall–Kier alpha value is -3.77. The van der Waals surface area contributed by atoms with Crippen LogP contribution >= 0.6 is 0 Å². The number of carboxylic acids is 1. The number of halogens is 1. The third-order valence-electron chi connectivity index (χ3n) is 5.12. The summed E-state index contributed by atoms with van der Waals surface area (Å²) in [6.07, 6.45) is 2.10. The van der Waals surface area contributed by atoms with Crippen LogP contribution in [0.5, 0.6) is 5.75 Å². The van der Waals surface area contributed by atoms with Gasteiger partial charge in [-0.1, -0.05) is 49.7 Å². The Labute approximate surface area is 199 Å². The summed E-state index contributed by atoms with van der Waals surface area (Å²) < 4.78 is 19.4. The van der Waals surface area contributed by atoms with Gasteiger partial charge in [-0.3, -0.25) is 0 Å². The normalized spacial score (nSPS) is 10.5. The molecule has 0 unspecified atom stereocenters. The van der Waals surface area contributed by atoms with Crippen LogP contribution in [0.15, 0.2) is 72.8 Å². The molecule has 5 nitrogen and oxygen atoms in total. The van der Waals surface area contributed by atoms with Gasteiger partial charge in [0, 0.05) is 10.9 Å². The van der Waals surface area contributed by atoms with Gasteiger partial charge in [0.1, 0.15) is 11.6 Å². The van der Waals surface area contributed by atoms with Gasteiger partial charge in [0.05, 0.1) is 29.9 Å². The van der Waals surface area contributed by atoms with E-state index in [1.807, 2.05) is 55.5 Å². The van der Waals surface area contributed by atoms with Crippen molar-refractivity contribution in [3.05, 3.63) is 84.2 Å². The second-order valence-corrected chi connectivity index (χ2v) is 7.83. The summed E-state index contributed by atoms with van der Waals surface area (Å²) in [5, 5.41) is 9.86. The van der Waals surface area contributed by atoms with Crippen molar-refractivity contribution in [1.82, 2.24) is 4.98 Å². The topological polar surface area (TPSA) is 87.1 Å². The zero-order valence-corrected chi connectivity index (χ0v) is 19.6. The molecule has 3 aromatic carbocycles. The number of carbonyl (C=O) groups is 1. The van der Waals surface area contributed by atoms with E-state index in [-0.39, 0.29) is 10.9 Å². The number of nitrogens with zero attached hydrogens (tertiary/aromatic N) is 1. The van der Waals surface area contributed by atoms with Gasteiger partial charge in [0.2, 0.25) is 0 Å². The number of unbranched alkanes of at least 4 members (excludes halogenated alkanes) is 1. The minimum Gasteiger partial charge on any atom is -0.494 e. The van der Waals surface area contributed by atoms with E-state index in [0.29, 0.717) is 17.8 Å². The number of rotatable bonds is 7. The van der Waals surface area contributed by atoms with E-state index in [4.69, 9.17) is 4.74 Å². The molecule has 0 radical (unpaired) electrons. The lowest BCUT2D eigenvalue weighted by atomic mass is 10.0. The zero-order valence-electron chi connectivity index (χ0n) is 19.6. The van der Waals surface area contributed by atoms with Gasteiger partial charge < -0.3 is 15.6 Å². The third kappa shape index (κ3) is 6.17. The van der Waals surface area contributed by atoms with E-state index in [0.717, 1.165) is 41.8 Å². The van der Waals surface area contributed by atoms with Crippen molar-refractivity contribution >= 4 is 16.9 Å². The van der Waals surface area contributed by atoms with Crippen LogP contribution in [0.25, 0.3) is 33.3 Å². The highest BCUT2D eigenvalue weighted by atomic mass is 19.1. The molecule has 4 N–H and O–H groups in total. The Morgan fingerprint density at radius 1 is 0.971 bits per heavy atom. The molecule has 176 valence electrons. The molecule has 0 aliphatic carbocycles. The number of benzene rings is 3. The molecule has 0 saturated carbocycles. The number of carboxylic acid groups (broad SMARTS) is 1. The van der Waals surface area contributed by atoms with Crippen LogP contribution in [0.4, 0.5) is 4.39 Å². The highest BCUT2D eigenvalue weighted by Gasteiger charge is 2.14. The Morgan fingerprint density at radius 2 is 1.68 bits per heavy atom. The van der Waals surface area contributed by atoms with Crippen molar-refractivity contribution in [2.45, 2.75) is 26.7 Å². The average molecular weight is 462 g/mol. The van der Waals surface area contributed by atoms with Crippen molar-refractivity contribution in [2.24, 2.45) is 0 Å². The molecule has 6 heteroatoms. The lowest BCUT2D eigenvalue weighted by Gasteiger charge is -2.10. The van der Waals surface area contributed by atoms with Crippen molar-refractivity contribution < 1.29 is 24.8 Å². The fourth-order valence-electron chi connectivity index (χ4n) is 3.46. The van der Waals surface area contributed by atoms with Gasteiger partial charge in [-0.15, -0.1) is 0 Å². The number of fused-ring (bicyclic) bond motifs is 1. The maximum atomic E-state index is 13.6. The molecular formula is C28H30FN2O3+. The van der Waals surface area contributed by atoms with Gasteiger partial charge in [0.15, 0.2) is 0 Å². The molecular weight excluding hydrogens is 431 g/mol. The van der Waals surface area contributed by atoms with Gasteiger partial charge in [0.25, 0.3) is 0 Å². The first-order valence-electron chi connectivity index (χ1n) is 11.4. The van der Waals surface area contributed by atoms with E-state index < -0.39 is 11.8 Å². The fraction of sp³-hybridized carbons (Fsp3) is 0.214. The van der Waals surface area contributed by atoms with Crippen LogP contribution in [-0.4, -0.2) is 29.2 Å². The molecule has 0 atom stereocenters. The Bertz CT molecular complexity index is 1260. The summed E-state index contributed by atoms with van der Waals surface area (Å²) in [5.41, 5.74) is 7.32. The summed E-state index contributed by atoms with van der Waals surface area (Å²) >= 11 is 0. The van der Waals surface area contributed by atoms with Gasteiger partial charge >= 0.3 is 5.97 Å².